The van der Waals surface area contributed by atoms with Crippen molar-refractivity contribution < 1.29 is 24.5 Å². The highest BCUT2D eigenvalue weighted by molar-refractivity contribution is 7.99. The third-order valence-corrected chi connectivity index (χ3v) is 3.65. The molecule has 0 unspecified atom stereocenters. The van der Waals surface area contributed by atoms with E-state index in [0.29, 0.717) is 19.4 Å². The molecular weight excluding hydrogens is 258 g/mol. The van der Waals surface area contributed by atoms with Crippen LogP contribution >= 0.6 is 11.8 Å². The van der Waals surface area contributed by atoms with Crippen LogP contribution in [0.4, 0.5) is 0 Å². The van der Waals surface area contributed by atoms with Gasteiger partial charge in [-0.2, -0.15) is 11.8 Å². The second-order valence-electron chi connectivity index (χ2n) is 4.01. The van der Waals surface area contributed by atoms with E-state index < -0.39 is 18.2 Å². The molecule has 0 spiro atoms. The van der Waals surface area contributed by atoms with Gasteiger partial charge in [0.2, 0.25) is 5.91 Å². The molecule has 1 aliphatic heterocycles. The first kappa shape index (κ1) is 15.3. The number of rotatable bonds is 8. The summed E-state index contributed by atoms with van der Waals surface area (Å²) in [5, 5.41) is 20.0. The van der Waals surface area contributed by atoms with Gasteiger partial charge in [0.25, 0.3) is 0 Å². The second kappa shape index (κ2) is 8.34. The van der Waals surface area contributed by atoms with Crippen LogP contribution < -0.4 is 5.32 Å². The fourth-order valence-corrected chi connectivity index (χ4v) is 2.42. The smallest absolute Gasteiger partial charge is 0.332 e. The summed E-state index contributed by atoms with van der Waals surface area (Å²) in [4.78, 5) is 22.3. The van der Waals surface area contributed by atoms with Crippen molar-refractivity contribution in [3.8, 4) is 0 Å². The number of carbonyl (C=O) groups excluding carboxylic acids is 1. The van der Waals surface area contributed by atoms with E-state index in [1.807, 2.05) is 0 Å². The highest BCUT2D eigenvalue weighted by Crippen LogP contribution is 2.19. The van der Waals surface area contributed by atoms with Crippen LogP contribution in [-0.4, -0.2) is 59.0 Å². The van der Waals surface area contributed by atoms with Gasteiger partial charge < -0.3 is 20.3 Å². The summed E-state index contributed by atoms with van der Waals surface area (Å²) in [6.07, 6.45) is 0.122. The molecule has 0 aliphatic carbocycles. The number of aliphatic hydroxyl groups excluding tert-OH is 1. The predicted molar refractivity (Wildman–Crippen MR) is 67.6 cm³/mol. The molecule has 1 heterocycles. The van der Waals surface area contributed by atoms with E-state index in [-0.39, 0.29) is 12.5 Å². The lowest BCUT2D eigenvalue weighted by Gasteiger charge is -2.11. The summed E-state index contributed by atoms with van der Waals surface area (Å²) in [7, 11) is 0. The van der Waals surface area contributed by atoms with Gasteiger partial charge in [0.15, 0.2) is 6.10 Å². The molecular formula is C11H19NO5S. The third kappa shape index (κ3) is 5.24. The molecule has 1 rings (SSSR count). The van der Waals surface area contributed by atoms with Crippen molar-refractivity contribution in [2.75, 3.05) is 24.7 Å². The Balaban J connectivity index is 2.09. The quantitative estimate of drug-likeness (QED) is 0.534. The monoisotopic (exact) mass is 277 g/mol. The minimum Gasteiger partial charge on any atom is -0.479 e. The lowest BCUT2D eigenvalue weighted by molar-refractivity contribution is -0.151. The SMILES string of the molecule is O=C(NCCSCCCO)[C@@H]1CC[C@H](C(=O)O)O1. The molecule has 0 radical (unpaired) electrons. The molecule has 3 N–H and O–H groups in total. The number of aliphatic carboxylic acids is 1. The van der Waals surface area contributed by atoms with E-state index in [0.717, 1.165) is 17.9 Å². The zero-order valence-corrected chi connectivity index (χ0v) is 10.9. The molecule has 1 fully saturated rings. The van der Waals surface area contributed by atoms with Crippen molar-refractivity contribution >= 4 is 23.6 Å². The van der Waals surface area contributed by atoms with Crippen LogP contribution in [0.1, 0.15) is 19.3 Å². The van der Waals surface area contributed by atoms with E-state index in [1.165, 1.54) is 0 Å². The minimum atomic E-state index is -1.01. The molecule has 0 aromatic carbocycles. The molecule has 2 atom stereocenters. The molecule has 0 aromatic rings. The van der Waals surface area contributed by atoms with E-state index in [2.05, 4.69) is 5.32 Å². The zero-order chi connectivity index (χ0) is 13.4. The Morgan fingerprint density at radius 3 is 2.61 bits per heavy atom. The van der Waals surface area contributed by atoms with E-state index in [9.17, 15) is 9.59 Å². The summed E-state index contributed by atoms with van der Waals surface area (Å²) < 4.78 is 5.13. The van der Waals surface area contributed by atoms with Crippen LogP contribution in [-0.2, 0) is 14.3 Å². The van der Waals surface area contributed by atoms with Crippen molar-refractivity contribution in [1.82, 2.24) is 5.32 Å². The Kier molecular flexibility index (Phi) is 7.07. The Morgan fingerprint density at radius 2 is 2.00 bits per heavy atom. The number of thioether (sulfide) groups is 1. The van der Waals surface area contributed by atoms with Crippen molar-refractivity contribution in [3.05, 3.63) is 0 Å². The Labute approximate surface area is 110 Å². The first-order valence-electron chi connectivity index (χ1n) is 5.99. The largest absolute Gasteiger partial charge is 0.479 e. The zero-order valence-electron chi connectivity index (χ0n) is 10.1. The van der Waals surface area contributed by atoms with Gasteiger partial charge in [0, 0.05) is 18.9 Å². The predicted octanol–water partition coefficient (Wildman–Crippen LogP) is -0.150. The highest BCUT2D eigenvalue weighted by atomic mass is 32.2. The number of carboxylic acids is 1. The van der Waals surface area contributed by atoms with Crippen LogP contribution in [0.3, 0.4) is 0 Å². The molecule has 0 bridgehead atoms. The van der Waals surface area contributed by atoms with Gasteiger partial charge in [-0.3, -0.25) is 4.79 Å². The average molecular weight is 277 g/mol. The van der Waals surface area contributed by atoms with Gasteiger partial charge >= 0.3 is 5.97 Å². The third-order valence-electron chi connectivity index (χ3n) is 2.58. The van der Waals surface area contributed by atoms with Gasteiger partial charge in [0.1, 0.15) is 6.10 Å². The summed E-state index contributed by atoms with van der Waals surface area (Å²) in [6, 6.07) is 0. The standard InChI is InChI=1S/C11H19NO5S/c13-5-1-6-18-7-4-12-10(14)8-2-3-9(17-8)11(15)16/h8-9,13H,1-7H2,(H,12,14)(H,15,16)/t8-,9+/m0/s1. The van der Waals surface area contributed by atoms with Crippen LogP contribution in [0.15, 0.2) is 0 Å². The topological polar surface area (TPSA) is 95.9 Å². The van der Waals surface area contributed by atoms with Crippen LogP contribution in [0.5, 0.6) is 0 Å². The molecule has 7 heteroatoms. The molecule has 6 nitrogen and oxygen atoms in total. The van der Waals surface area contributed by atoms with E-state index in [4.69, 9.17) is 14.9 Å². The van der Waals surface area contributed by atoms with Gasteiger partial charge in [-0.15, -0.1) is 0 Å². The minimum absolute atomic E-state index is 0.186. The summed E-state index contributed by atoms with van der Waals surface area (Å²) in [6.45, 7) is 0.721. The maximum absolute atomic E-state index is 11.6. The average Bonchev–Trinajstić information content (AvgIpc) is 2.83. The summed E-state index contributed by atoms with van der Waals surface area (Å²) in [5.74, 6) is 0.403. The first-order chi connectivity index (χ1) is 8.65. The van der Waals surface area contributed by atoms with Crippen LogP contribution in [0.25, 0.3) is 0 Å². The lowest BCUT2D eigenvalue weighted by Crippen LogP contribution is -2.36. The Bertz CT molecular complexity index is 287. The number of amides is 1. The Hall–Kier alpha value is -0.790. The number of carbonyl (C=O) groups is 2. The van der Waals surface area contributed by atoms with Gasteiger partial charge in [-0.05, 0) is 25.0 Å². The number of carboxylic acid groups (broad SMARTS) is 1. The normalized spacial score (nSPS) is 22.9. The van der Waals surface area contributed by atoms with Crippen molar-refractivity contribution in [1.29, 1.82) is 0 Å². The number of hydrogen-bond donors (Lipinski definition) is 3. The molecule has 1 aliphatic rings. The molecule has 1 amide bonds. The van der Waals surface area contributed by atoms with Gasteiger partial charge in [-0.25, -0.2) is 4.79 Å². The van der Waals surface area contributed by atoms with Crippen molar-refractivity contribution in [2.24, 2.45) is 0 Å². The first-order valence-corrected chi connectivity index (χ1v) is 7.15. The van der Waals surface area contributed by atoms with Gasteiger partial charge in [0.05, 0.1) is 0 Å². The Morgan fingerprint density at radius 1 is 1.28 bits per heavy atom. The number of aliphatic hydroxyl groups is 1. The lowest BCUT2D eigenvalue weighted by atomic mass is 10.2. The van der Waals surface area contributed by atoms with Gasteiger partial charge in [-0.1, -0.05) is 0 Å². The maximum atomic E-state index is 11.6. The number of nitrogens with one attached hydrogen (secondary N) is 1. The second-order valence-corrected chi connectivity index (χ2v) is 5.23. The molecule has 18 heavy (non-hydrogen) atoms. The maximum Gasteiger partial charge on any atom is 0.332 e. The number of ether oxygens (including phenoxy) is 1. The molecule has 1 saturated heterocycles. The number of hydrogen-bond acceptors (Lipinski definition) is 5. The molecule has 104 valence electrons. The fraction of sp³-hybridized carbons (Fsp3) is 0.818. The van der Waals surface area contributed by atoms with Crippen LogP contribution in [0, 0.1) is 0 Å². The van der Waals surface area contributed by atoms with E-state index >= 15 is 0 Å². The van der Waals surface area contributed by atoms with Crippen molar-refractivity contribution in [2.45, 2.75) is 31.5 Å². The molecule has 0 saturated carbocycles. The summed E-state index contributed by atoms with van der Waals surface area (Å²) >= 11 is 1.66. The summed E-state index contributed by atoms with van der Waals surface area (Å²) in [5.41, 5.74) is 0. The van der Waals surface area contributed by atoms with E-state index in [1.54, 1.807) is 11.8 Å². The van der Waals surface area contributed by atoms with Crippen molar-refractivity contribution in [3.63, 3.8) is 0 Å². The highest BCUT2D eigenvalue weighted by Gasteiger charge is 2.34. The fourth-order valence-electron chi connectivity index (χ4n) is 1.64. The molecule has 0 aromatic heterocycles. The van der Waals surface area contributed by atoms with Crippen LogP contribution in [0.2, 0.25) is 0 Å².